The highest BCUT2D eigenvalue weighted by atomic mass is 16.2. The van der Waals surface area contributed by atoms with Crippen molar-refractivity contribution in [1.29, 1.82) is 0 Å². The van der Waals surface area contributed by atoms with Crippen molar-refractivity contribution < 1.29 is 9.59 Å². The Morgan fingerprint density at radius 2 is 1.36 bits per heavy atom. The Kier molecular flexibility index (Phi) is 1.85. The van der Waals surface area contributed by atoms with Crippen molar-refractivity contribution >= 4 is 11.8 Å². The highest BCUT2D eigenvalue weighted by Crippen LogP contribution is 2.37. The van der Waals surface area contributed by atoms with Gasteiger partial charge < -0.3 is 11.5 Å². The van der Waals surface area contributed by atoms with E-state index >= 15 is 0 Å². The summed E-state index contributed by atoms with van der Waals surface area (Å²) in [5.74, 6) is -1.13. The third kappa shape index (κ3) is 1.08. The Balaban J connectivity index is 2.87. The Morgan fingerprint density at radius 1 is 1.00 bits per heavy atom. The zero-order valence-electron chi connectivity index (χ0n) is 6.30. The molecule has 0 saturated heterocycles. The highest BCUT2D eigenvalue weighted by Gasteiger charge is 2.44. The third-order valence-electron chi connectivity index (χ3n) is 2.40. The average molecular weight is 156 g/mol. The van der Waals surface area contributed by atoms with Crippen LogP contribution in [-0.4, -0.2) is 11.8 Å². The highest BCUT2D eigenvalue weighted by molar-refractivity contribution is 6.03. The van der Waals surface area contributed by atoms with Gasteiger partial charge in [-0.3, -0.25) is 9.59 Å². The SMILES string of the molecule is NC(=O)C1(C(N)=O)CCCC1. The Morgan fingerprint density at radius 3 is 1.55 bits per heavy atom. The minimum absolute atomic E-state index is 0.525. The molecule has 1 aliphatic rings. The van der Waals surface area contributed by atoms with Gasteiger partial charge >= 0.3 is 0 Å². The Labute approximate surface area is 64.9 Å². The number of carbonyl (C=O) groups is 2. The van der Waals surface area contributed by atoms with Crippen molar-refractivity contribution in [2.24, 2.45) is 16.9 Å². The largest absolute Gasteiger partial charge is 0.369 e. The monoisotopic (exact) mass is 156 g/mol. The lowest BCUT2D eigenvalue weighted by atomic mass is 9.85. The van der Waals surface area contributed by atoms with Gasteiger partial charge in [0, 0.05) is 0 Å². The van der Waals surface area contributed by atoms with Crippen molar-refractivity contribution in [2.45, 2.75) is 25.7 Å². The third-order valence-corrected chi connectivity index (χ3v) is 2.40. The number of rotatable bonds is 2. The standard InChI is InChI=1S/C7H12N2O2/c8-5(10)7(6(9)11)3-1-2-4-7/h1-4H2,(H2,8,10)(H2,9,11). The summed E-state index contributed by atoms with van der Waals surface area (Å²) in [5, 5.41) is 0. The van der Waals surface area contributed by atoms with Gasteiger partial charge in [-0.2, -0.15) is 0 Å². The molecule has 1 aliphatic carbocycles. The van der Waals surface area contributed by atoms with E-state index in [2.05, 4.69) is 0 Å². The molecule has 0 aromatic heterocycles. The van der Waals surface area contributed by atoms with Crippen LogP contribution in [0.4, 0.5) is 0 Å². The number of hydrogen-bond donors (Lipinski definition) is 2. The van der Waals surface area contributed by atoms with Gasteiger partial charge in [0.25, 0.3) is 0 Å². The Hall–Kier alpha value is -1.06. The van der Waals surface area contributed by atoms with Crippen LogP contribution in [0.1, 0.15) is 25.7 Å². The first-order chi connectivity index (χ1) is 5.09. The summed E-state index contributed by atoms with van der Waals surface area (Å²) >= 11 is 0. The van der Waals surface area contributed by atoms with E-state index < -0.39 is 17.2 Å². The van der Waals surface area contributed by atoms with E-state index in [4.69, 9.17) is 11.5 Å². The van der Waals surface area contributed by atoms with Crippen molar-refractivity contribution in [2.75, 3.05) is 0 Å². The van der Waals surface area contributed by atoms with Crippen LogP contribution >= 0.6 is 0 Å². The van der Waals surface area contributed by atoms with E-state index in [1.165, 1.54) is 0 Å². The van der Waals surface area contributed by atoms with Crippen LogP contribution in [0.3, 0.4) is 0 Å². The minimum atomic E-state index is -1.03. The molecule has 1 saturated carbocycles. The molecule has 0 heterocycles. The predicted octanol–water partition coefficient (Wildman–Crippen LogP) is -0.483. The average Bonchev–Trinajstić information content (AvgIpc) is 2.34. The maximum atomic E-state index is 10.9. The van der Waals surface area contributed by atoms with E-state index in [0.29, 0.717) is 12.8 Å². The molecule has 0 aromatic rings. The molecule has 0 aromatic carbocycles. The second-order valence-electron chi connectivity index (χ2n) is 3.02. The van der Waals surface area contributed by atoms with E-state index in [-0.39, 0.29) is 0 Å². The summed E-state index contributed by atoms with van der Waals surface area (Å²) in [5.41, 5.74) is 9.16. The summed E-state index contributed by atoms with van der Waals surface area (Å²) in [7, 11) is 0. The zero-order valence-corrected chi connectivity index (χ0v) is 6.30. The second kappa shape index (κ2) is 2.53. The molecule has 0 unspecified atom stereocenters. The quantitative estimate of drug-likeness (QED) is 0.529. The minimum Gasteiger partial charge on any atom is -0.369 e. The lowest BCUT2D eigenvalue weighted by Crippen LogP contribution is -2.45. The summed E-state index contributed by atoms with van der Waals surface area (Å²) in [6.45, 7) is 0. The van der Waals surface area contributed by atoms with E-state index in [0.717, 1.165) is 12.8 Å². The van der Waals surface area contributed by atoms with Crippen molar-refractivity contribution in [1.82, 2.24) is 0 Å². The van der Waals surface area contributed by atoms with Crippen LogP contribution in [0.5, 0.6) is 0 Å². The van der Waals surface area contributed by atoms with Crippen molar-refractivity contribution in [3.8, 4) is 0 Å². The number of hydrogen-bond acceptors (Lipinski definition) is 2. The van der Waals surface area contributed by atoms with Crippen LogP contribution in [0.15, 0.2) is 0 Å². The van der Waals surface area contributed by atoms with Crippen LogP contribution in [0.25, 0.3) is 0 Å². The fourth-order valence-electron chi connectivity index (χ4n) is 1.59. The van der Waals surface area contributed by atoms with E-state index in [1.54, 1.807) is 0 Å². The molecular formula is C7H12N2O2. The van der Waals surface area contributed by atoms with Gasteiger partial charge in [0.05, 0.1) is 0 Å². The van der Waals surface area contributed by atoms with Gasteiger partial charge in [-0.15, -0.1) is 0 Å². The number of nitrogens with two attached hydrogens (primary N) is 2. The lowest BCUT2D eigenvalue weighted by Gasteiger charge is -2.19. The molecule has 0 radical (unpaired) electrons. The summed E-state index contributed by atoms with van der Waals surface area (Å²) in [6, 6.07) is 0. The maximum Gasteiger partial charge on any atom is 0.233 e. The molecule has 4 nitrogen and oxygen atoms in total. The van der Waals surface area contributed by atoms with Crippen LogP contribution in [-0.2, 0) is 9.59 Å². The fraction of sp³-hybridized carbons (Fsp3) is 0.714. The van der Waals surface area contributed by atoms with Gasteiger partial charge in [0.1, 0.15) is 5.41 Å². The maximum absolute atomic E-state index is 10.9. The number of primary amides is 2. The molecule has 11 heavy (non-hydrogen) atoms. The van der Waals surface area contributed by atoms with Crippen LogP contribution < -0.4 is 11.5 Å². The predicted molar refractivity (Wildman–Crippen MR) is 39.3 cm³/mol. The molecule has 1 rings (SSSR count). The van der Waals surface area contributed by atoms with Crippen LogP contribution in [0.2, 0.25) is 0 Å². The molecule has 1 fully saturated rings. The molecule has 0 spiro atoms. The fourth-order valence-corrected chi connectivity index (χ4v) is 1.59. The first-order valence-electron chi connectivity index (χ1n) is 3.69. The Bertz CT molecular complexity index is 179. The normalized spacial score (nSPS) is 21.5. The second-order valence-corrected chi connectivity index (χ2v) is 3.02. The number of amides is 2. The smallest absolute Gasteiger partial charge is 0.233 e. The van der Waals surface area contributed by atoms with Crippen molar-refractivity contribution in [3.63, 3.8) is 0 Å². The van der Waals surface area contributed by atoms with Crippen LogP contribution in [0, 0.1) is 5.41 Å². The van der Waals surface area contributed by atoms with E-state index in [9.17, 15) is 9.59 Å². The zero-order chi connectivity index (χ0) is 8.48. The summed E-state index contributed by atoms with van der Waals surface area (Å²) < 4.78 is 0. The summed E-state index contributed by atoms with van der Waals surface area (Å²) in [6.07, 6.45) is 2.78. The molecule has 2 amide bonds. The molecule has 4 N–H and O–H groups in total. The topological polar surface area (TPSA) is 86.2 Å². The number of carbonyl (C=O) groups excluding carboxylic acids is 2. The lowest BCUT2D eigenvalue weighted by molar-refractivity contribution is -0.139. The molecule has 4 heteroatoms. The van der Waals surface area contributed by atoms with Gasteiger partial charge in [-0.1, -0.05) is 12.8 Å². The van der Waals surface area contributed by atoms with Crippen molar-refractivity contribution in [3.05, 3.63) is 0 Å². The van der Waals surface area contributed by atoms with E-state index in [1.807, 2.05) is 0 Å². The first kappa shape index (κ1) is 8.04. The first-order valence-corrected chi connectivity index (χ1v) is 3.69. The molecule has 0 aliphatic heterocycles. The molecule has 0 bridgehead atoms. The molecule has 62 valence electrons. The molecule has 0 atom stereocenters. The van der Waals surface area contributed by atoms with Gasteiger partial charge in [0.15, 0.2) is 0 Å². The van der Waals surface area contributed by atoms with Gasteiger partial charge in [0.2, 0.25) is 11.8 Å². The van der Waals surface area contributed by atoms with Gasteiger partial charge in [-0.25, -0.2) is 0 Å². The molecular weight excluding hydrogens is 144 g/mol. The summed E-state index contributed by atoms with van der Waals surface area (Å²) in [4.78, 5) is 21.8. The van der Waals surface area contributed by atoms with Gasteiger partial charge in [-0.05, 0) is 12.8 Å².